The van der Waals surface area contributed by atoms with Gasteiger partial charge in [0.15, 0.2) is 15.8 Å². The topological polar surface area (TPSA) is 61.8 Å². The highest BCUT2D eigenvalue weighted by Crippen LogP contribution is 2.15. The largest absolute Gasteiger partial charge is 0.357 e. The molecule has 19 heavy (non-hydrogen) atoms. The molecule has 6 heteroatoms. The van der Waals surface area contributed by atoms with Gasteiger partial charge in [-0.05, 0) is 25.7 Å². The highest BCUT2D eigenvalue weighted by atomic mass is 32.2. The lowest BCUT2D eigenvalue weighted by Gasteiger charge is -2.33. The van der Waals surface area contributed by atoms with E-state index in [2.05, 4.69) is 22.1 Å². The zero-order valence-electron chi connectivity index (χ0n) is 12.4. The van der Waals surface area contributed by atoms with Gasteiger partial charge in [0, 0.05) is 25.4 Å². The summed E-state index contributed by atoms with van der Waals surface area (Å²) in [5.41, 5.74) is 0. The van der Waals surface area contributed by atoms with Gasteiger partial charge in [-0.1, -0.05) is 13.8 Å². The van der Waals surface area contributed by atoms with Crippen LogP contribution in [-0.2, 0) is 9.84 Å². The van der Waals surface area contributed by atoms with E-state index in [1.807, 2.05) is 6.92 Å². The number of guanidine groups is 1. The Morgan fingerprint density at radius 2 is 1.95 bits per heavy atom. The van der Waals surface area contributed by atoms with Gasteiger partial charge < -0.3 is 10.2 Å². The fourth-order valence-corrected chi connectivity index (χ4v) is 2.74. The molecular weight excluding hydrogens is 262 g/mol. The van der Waals surface area contributed by atoms with Gasteiger partial charge in [0.25, 0.3) is 0 Å². The minimum atomic E-state index is -2.92. The predicted octanol–water partition coefficient (Wildman–Crippen LogP) is 1.12. The van der Waals surface area contributed by atoms with E-state index >= 15 is 0 Å². The number of aliphatic imine (C=N–C) groups is 1. The standard InChI is InChI=1S/C13H27N3O2S/c1-4-14-13(15-8-11-19(17,18)5-2)16-9-6-12(3)7-10-16/h12H,4-11H2,1-3H3,(H,14,15). The van der Waals surface area contributed by atoms with Crippen molar-refractivity contribution >= 4 is 15.8 Å². The van der Waals surface area contributed by atoms with E-state index < -0.39 is 9.84 Å². The van der Waals surface area contributed by atoms with Crippen molar-refractivity contribution in [3.63, 3.8) is 0 Å². The van der Waals surface area contributed by atoms with Crippen LogP contribution in [0.1, 0.15) is 33.6 Å². The Morgan fingerprint density at radius 3 is 2.47 bits per heavy atom. The summed E-state index contributed by atoms with van der Waals surface area (Å²) in [7, 11) is -2.92. The highest BCUT2D eigenvalue weighted by Gasteiger charge is 2.18. The summed E-state index contributed by atoms with van der Waals surface area (Å²) in [5.74, 6) is 1.98. The minimum Gasteiger partial charge on any atom is -0.357 e. The molecule has 0 aliphatic carbocycles. The van der Waals surface area contributed by atoms with Gasteiger partial charge in [-0.15, -0.1) is 0 Å². The summed E-state index contributed by atoms with van der Waals surface area (Å²) in [6, 6.07) is 0. The third-order valence-electron chi connectivity index (χ3n) is 3.52. The average Bonchev–Trinajstić information content (AvgIpc) is 2.39. The van der Waals surface area contributed by atoms with E-state index in [0.29, 0.717) is 6.54 Å². The SMILES string of the molecule is CCNC(=NCCS(=O)(=O)CC)N1CCC(C)CC1. The number of hydrogen-bond donors (Lipinski definition) is 1. The zero-order valence-corrected chi connectivity index (χ0v) is 13.2. The Bertz CT molecular complexity index is 385. The van der Waals surface area contributed by atoms with Crippen molar-refractivity contribution in [2.75, 3.05) is 37.7 Å². The van der Waals surface area contributed by atoms with E-state index in [1.54, 1.807) is 6.92 Å². The maximum atomic E-state index is 11.5. The summed E-state index contributed by atoms with van der Waals surface area (Å²) < 4.78 is 22.9. The first-order valence-electron chi connectivity index (χ1n) is 7.22. The molecule has 1 aliphatic heterocycles. The zero-order chi connectivity index (χ0) is 14.3. The van der Waals surface area contributed by atoms with Crippen LogP contribution in [0.4, 0.5) is 0 Å². The molecule has 1 saturated heterocycles. The Kier molecular flexibility index (Phi) is 6.62. The van der Waals surface area contributed by atoms with E-state index in [9.17, 15) is 8.42 Å². The van der Waals surface area contributed by atoms with Crippen LogP contribution in [0.2, 0.25) is 0 Å². The molecule has 1 fully saturated rings. The second kappa shape index (κ2) is 7.72. The first-order chi connectivity index (χ1) is 8.98. The van der Waals surface area contributed by atoms with Crippen LogP contribution in [0.3, 0.4) is 0 Å². The molecule has 0 aromatic rings. The van der Waals surface area contributed by atoms with Crippen LogP contribution in [0.5, 0.6) is 0 Å². The normalized spacial score (nSPS) is 18.7. The molecule has 1 aliphatic rings. The first-order valence-corrected chi connectivity index (χ1v) is 9.04. The number of rotatable bonds is 5. The summed E-state index contributed by atoms with van der Waals surface area (Å²) in [6.45, 7) is 9.16. The molecule has 0 bridgehead atoms. The monoisotopic (exact) mass is 289 g/mol. The molecule has 5 nitrogen and oxygen atoms in total. The molecule has 1 rings (SSSR count). The Labute approximate surface area is 117 Å². The van der Waals surface area contributed by atoms with Gasteiger partial charge in [-0.3, -0.25) is 4.99 Å². The molecule has 1 heterocycles. The van der Waals surface area contributed by atoms with Crippen LogP contribution in [0.15, 0.2) is 4.99 Å². The summed E-state index contributed by atoms with van der Waals surface area (Å²) in [5, 5.41) is 3.25. The number of piperidine rings is 1. The van der Waals surface area contributed by atoms with Crippen LogP contribution in [-0.4, -0.2) is 57.0 Å². The number of nitrogens with zero attached hydrogens (tertiary/aromatic N) is 2. The van der Waals surface area contributed by atoms with Gasteiger partial charge in [0.2, 0.25) is 0 Å². The molecule has 0 spiro atoms. The molecule has 0 amide bonds. The van der Waals surface area contributed by atoms with Gasteiger partial charge in [-0.2, -0.15) is 0 Å². The summed E-state index contributed by atoms with van der Waals surface area (Å²) in [6.07, 6.45) is 2.36. The fraction of sp³-hybridized carbons (Fsp3) is 0.923. The lowest BCUT2D eigenvalue weighted by molar-refractivity contribution is 0.273. The van der Waals surface area contributed by atoms with Crippen molar-refractivity contribution in [2.24, 2.45) is 10.9 Å². The molecule has 0 aromatic carbocycles. The Balaban J connectivity index is 2.56. The van der Waals surface area contributed by atoms with Crippen molar-refractivity contribution < 1.29 is 8.42 Å². The molecular formula is C13H27N3O2S. The molecule has 112 valence electrons. The Hall–Kier alpha value is -0.780. The van der Waals surface area contributed by atoms with Crippen LogP contribution in [0, 0.1) is 5.92 Å². The molecule has 0 aromatic heterocycles. The van der Waals surface area contributed by atoms with Crippen molar-refractivity contribution in [3.05, 3.63) is 0 Å². The number of nitrogens with one attached hydrogen (secondary N) is 1. The molecule has 0 atom stereocenters. The summed E-state index contributed by atoms with van der Waals surface area (Å²) >= 11 is 0. The number of sulfone groups is 1. The predicted molar refractivity (Wildman–Crippen MR) is 80.3 cm³/mol. The quantitative estimate of drug-likeness (QED) is 0.608. The maximum Gasteiger partial charge on any atom is 0.193 e. The Morgan fingerprint density at radius 1 is 1.32 bits per heavy atom. The van der Waals surface area contributed by atoms with Crippen molar-refractivity contribution in [2.45, 2.75) is 33.6 Å². The van der Waals surface area contributed by atoms with Crippen LogP contribution in [0.25, 0.3) is 0 Å². The smallest absolute Gasteiger partial charge is 0.193 e. The maximum absolute atomic E-state index is 11.5. The number of hydrogen-bond acceptors (Lipinski definition) is 3. The van der Waals surface area contributed by atoms with Gasteiger partial charge >= 0.3 is 0 Å². The van der Waals surface area contributed by atoms with Gasteiger partial charge in [0.05, 0.1) is 12.3 Å². The third kappa shape index (κ3) is 5.80. The third-order valence-corrected chi connectivity index (χ3v) is 5.21. The lowest BCUT2D eigenvalue weighted by Crippen LogP contribution is -2.45. The van der Waals surface area contributed by atoms with Crippen molar-refractivity contribution in [3.8, 4) is 0 Å². The van der Waals surface area contributed by atoms with Crippen LogP contribution < -0.4 is 5.32 Å². The first kappa shape index (κ1) is 16.3. The minimum absolute atomic E-state index is 0.142. The highest BCUT2D eigenvalue weighted by molar-refractivity contribution is 7.91. The molecule has 0 unspecified atom stereocenters. The average molecular weight is 289 g/mol. The second-order valence-electron chi connectivity index (χ2n) is 5.14. The van der Waals surface area contributed by atoms with E-state index in [1.165, 1.54) is 12.8 Å². The summed E-state index contributed by atoms with van der Waals surface area (Å²) in [4.78, 5) is 6.69. The number of likely N-dealkylation sites (tertiary alicyclic amines) is 1. The van der Waals surface area contributed by atoms with Gasteiger partial charge in [-0.25, -0.2) is 8.42 Å². The van der Waals surface area contributed by atoms with Gasteiger partial charge in [0.1, 0.15) is 0 Å². The van der Waals surface area contributed by atoms with Crippen LogP contribution >= 0.6 is 0 Å². The van der Waals surface area contributed by atoms with E-state index in [4.69, 9.17) is 0 Å². The fourth-order valence-electron chi connectivity index (χ4n) is 2.08. The van der Waals surface area contributed by atoms with E-state index in [0.717, 1.165) is 31.5 Å². The molecule has 0 radical (unpaired) electrons. The second-order valence-corrected chi connectivity index (χ2v) is 7.61. The molecule has 0 saturated carbocycles. The van der Waals surface area contributed by atoms with Crippen molar-refractivity contribution in [1.82, 2.24) is 10.2 Å². The van der Waals surface area contributed by atoms with Crippen molar-refractivity contribution in [1.29, 1.82) is 0 Å². The molecule has 1 N–H and O–H groups in total. The van der Waals surface area contributed by atoms with E-state index in [-0.39, 0.29) is 11.5 Å². The lowest BCUT2D eigenvalue weighted by atomic mass is 10.00.